The largest absolute Gasteiger partial charge is 0.449 e. The van der Waals surface area contributed by atoms with Crippen molar-refractivity contribution in [3.05, 3.63) is 42.0 Å². The van der Waals surface area contributed by atoms with E-state index in [2.05, 4.69) is 15.6 Å². The topological polar surface area (TPSA) is 93.5 Å². The van der Waals surface area contributed by atoms with E-state index in [1.54, 1.807) is 19.1 Å². The molecule has 2 rings (SSSR count). The van der Waals surface area contributed by atoms with Gasteiger partial charge in [-0.3, -0.25) is 10.2 Å². The molecule has 4 N–H and O–H groups in total. The first-order valence-electron chi connectivity index (χ1n) is 6.13. The minimum Gasteiger partial charge on any atom is -0.449 e. The molecule has 0 saturated heterocycles. The van der Waals surface area contributed by atoms with E-state index in [1.165, 1.54) is 0 Å². The predicted molar refractivity (Wildman–Crippen MR) is 76.0 cm³/mol. The quantitative estimate of drug-likeness (QED) is 0.574. The highest BCUT2D eigenvalue weighted by atomic mass is 16.5. The second-order valence-electron chi connectivity index (χ2n) is 4.09. The van der Waals surface area contributed by atoms with Crippen LogP contribution in [0.3, 0.4) is 0 Å². The number of hydrazine groups is 1. The lowest BCUT2D eigenvalue weighted by molar-refractivity contribution is 0.0913. The van der Waals surface area contributed by atoms with Crippen molar-refractivity contribution < 1.29 is 14.3 Å². The van der Waals surface area contributed by atoms with Gasteiger partial charge in [-0.05, 0) is 29.8 Å². The Morgan fingerprint density at radius 1 is 1.15 bits per heavy atom. The standard InChI is InChI=1S/C14H15N3O3/c1-2-20-14(19)17-16-13(18)11-7-9-5-3-4-6-10(9)8-12(11)15/h3-8H,2,15H2,1H3,(H,16,18)(H,17,19). The Hall–Kier alpha value is -2.76. The predicted octanol–water partition coefficient (Wildman–Crippen LogP) is 1.81. The third-order valence-corrected chi connectivity index (χ3v) is 2.72. The number of anilines is 1. The smallest absolute Gasteiger partial charge is 0.426 e. The number of carbonyl (C=O) groups excluding carboxylic acids is 2. The van der Waals surface area contributed by atoms with Gasteiger partial charge in [0.1, 0.15) is 0 Å². The van der Waals surface area contributed by atoms with Crippen LogP contribution in [-0.2, 0) is 4.74 Å². The van der Waals surface area contributed by atoms with Gasteiger partial charge in [0.25, 0.3) is 5.91 Å². The van der Waals surface area contributed by atoms with Crippen LogP contribution < -0.4 is 16.6 Å². The van der Waals surface area contributed by atoms with E-state index >= 15 is 0 Å². The molecule has 20 heavy (non-hydrogen) atoms. The van der Waals surface area contributed by atoms with Crippen molar-refractivity contribution in [3.63, 3.8) is 0 Å². The summed E-state index contributed by atoms with van der Waals surface area (Å²) >= 11 is 0. The van der Waals surface area contributed by atoms with Gasteiger partial charge in [-0.15, -0.1) is 0 Å². The van der Waals surface area contributed by atoms with Crippen molar-refractivity contribution >= 4 is 28.5 Å². The molecule has 6 nitrogen and oxygen atoms in total. The van der Waals surface area contributed by atoms with Crippen LogP contribution in [0.25, 0.3) is 10.8 Å². The molecule has 0 unspecified atom stereocenters. The summed E-state index contributed by atoms with van der Waals surface area (Å²) in [5.41, 5.74) is 10.9. The van der Waals surface area contributed by atoms with Gasteiger partial charge in [0, 0.05) is 5.69 Å². The summed E-state index contributed by atoms with van der Waals surface area (Å²) in [6.07, 6.45) is -0.722. The molecule has 0 fully saturated rings. The molecule has 0 spiro atoms. The maximum Gasteiger partial charge on any atom is 0.426 e. The van der Waals surface area contributed by atoms with Crippen LogP contribution in [0.1, 0.15) is 17.3 Å². The Kier molecular flexibility index (Phi) is 4.05. The fourth-order valence-electron chi connectivity index (χ4n) is 1.80. The third kappa shape index (κ3) is 2.97. The number of nitrogen functional groups attached to an aromatic ring is 1. The van der Waals surface area contributed by atoms with Crippen LogP contribution in [0, 0.1) is 0 Å². The lowest BCUT2D eigenvalue weighted by Gasteiger charge is -2.10. The van der Waals surface area contributed by atoms with Crippen LogP contribution in [0.5, 0.6) is 0 Å². The van der Waals surface area contributed by atoms with Crippen LogP contribution in [0.15, 0.2) is 36.4 Å². The number of fused-ring (bicyclic) bond motifs is 1. The Balaban J connectivity index is 2.17. The fraction of sp³-hybridized carbons (Fsp3) is 0.143. The molecule has 0 aromatic heterocycles. The maximum atomic E-state index is 12.0. The molecule has 0 aliphatic heterocycles. The minimum absolute atomic E-state index is 0.222. The number of amides is 2. The van der Waals surface area contributed by atoms with E-state index in [0.717, 1.165) is 10.8 Å². The number of benzene rings is 2. The summed E-state index contributed by atoms with van der Waals surface area (Å²) in [6.45, 7) is 1.89. The maximum absolute atomic E-state index is 12.0. The molecule has 0 bridgehead atoms. The molecule has 0 radical (unpaired) electrons. The van der Waals surface area contributed by atoms with E-state index in [1.807, 2.05) is 24.3 Å². The number of rotatable bonds is 2. The van der Waals surface area contributed by atoms with E-state index < -0.39 is 12.0 Å². The van der Waals surface area contributed by atoms with Gasteiger partial charge in [-0.1, -0.05) is 24.3 Å². The first-order chi connectivity index (χ1) is 9.61. The average molecular weight is 273 g/mol. The van der Waals surface area contributed by atoms with E-state index in [9.17, 15) is 9.59 Å². The molecule has 0 atom stereocenters. The van der Waals surface area contributed by atoms with Crippen molar-refractivity contribution in [2.75, 3.05) is 12.3 Å². The average Bonchev–Trinajstić information content (AvgIpc) is 2.44. The number of nitrogens with two attached hydrogens (primary N) is 1. The van der Waals surface area contributed by atoms with Crippen molar-refractivity contribution in [2.24, 2.45) is 0 Å². The molecule has 0 saturated carbocycles. The third-order valence-electron chi connectivity index (χ3n) is 2.72. The van der Waals surface area contributed by atoms with Gasteiger partial charge in [-0.25, -0.2) is 10.2 Å². The van der Waals surface area contributed by atoms with Crippen LogP contribution in [0.2, 0.25) is 0 Å². The molecule has 0 aliphatic rings. The molecule has 2 aromatic carbocycles. The summed E-state index contributed by atoms with van der Waals surface area (Å²) in [6, 6.07) is 10.9. The van der Waals surface area contributed by atoms with Crippen LogP contribution in [-0.4, -0.2) is 18.6 Å². The fourth-order valence-corrected chi connectivity index (χ4v) is 1.80. The van der Waals surface area contributed by atoms with Crippen molar-refractivity contribution in [3.8, 4) is 0 Å². The zero-order valence-corrected chi connectivity index (χ0v) is 11.0. The number of ether oxygens (including phenoxy) is 1. The first-order valence-corrected chi connectivity index (χ1v) is 6.13. The van der Waals surface area contributed by atoms with Gasteiger partial charge < -0.3 is 10.5 Å². The summed E-state index contributed by atoms with van der Waals surface area (Å²) in [7, 11) is 0. The Morgan fingerprint density at radius 2 is 1.80 bits per heavy atom. The normalized spacial score (nSPS) is 10.1. The Labute approximate surface area is 115 Å². The van der Waals surface area contributed by atoms with Crippen molar-refractivity contribution in [2.45, 2.75) is 6.92 Å². The lowest BCUT2D eigenvalue weighted by Crippen LogP contribution is -2.42. The summed E-state index contributed by atoms with van der Waals surface area (Å²) in [5.74, 6) is -0.499. The van der Waals surface area contributed by atoms with Crippen LogP contribution >= 0.6 is 0 Å². The number of carbonyl (C=O) groups is 2. The van der Waals surface area contributed by atoms with Gasteiger partial charge >= 0.3 is 6.09 Å². The molecule has 6 heteroatoms. The first kappa shape index (κ1) is 13.7. The van der Waals surface area contributed by atoms with E-state index in [-0.39, 0.29) is 6.61 Å². The zero-order valence-electron chi connectivity index (χ0n) is 11.0. The molecule has 0 aliphatic carbocycles. The monoisotopic (exact) mass is 273 g/mol. The van der Waals surface area contributed by atoms with Crippen LogP contribution in [0.4, 0.5) is 10.5 Å². The van der Waals surface area contributed by atoms with Gasteiger partial charge in [-0.2, -0.15) is 0 Å². The molecule has 2 amide bonds. The highest BCUT2D eigenvalue weighted by Gasteiger charge is 2.12. The lowest BCUT2D eigenvalue weighted by atomic mass is 10.0. The summed E-state index contributed by atoms with van der Waals surface area (Å²) in [4.78, 5) is 23.1. The summed E-state index contributed by atoms with van der Waals surface area (Å²) < 4.78 is 4.63. The Bertz CT molecular complexity index is 655. The highest BCUT2D eigenvalue weighted by Crippen LogP contribution is 2.21. The number of hydrogen-bond donors (Lipinski definition) is 3. The van der Waals surface area contributed by atoms with E-state index in [0.29, 0.717) is 11.3 Å². The van der Waals surface area contributed by atoms with Gasteiger partial charge in [0.05, 0.1) is 12.2 Å². The molecule has 2 aromatic rings. The summed E-state index contributed by atoms with van der Waals surface area (Å²) in [5, 5.41) is 1.84. The molecular formula is C14H15N3O3. The Morgan fingerprint density at radius 3 is 2.45 bits per heavy atom. The molecule has 104 valence electrons. The highest BCUT2D eigenvalue weighted by molar-refractivity contribution is 6.04. The van der Waals surface area contributed by atoms with E-state index in [4.69, 9.17) is 5.73 Å². The minimum atomic E-state index is -0.722. The molecular weight excluding hydrogens is 258 g/mol. The SMILES string of the molecule is CCOC(=O)NNC(=O)c1cc2ccccc2cc1N. The number of hydrogen-bond acceptors (Lipinski definition) is 4. The zero-order chi connectivity index (χ0) is 14.5. The second-order valence-corrected chi connectivity index (χ2v) is 4.09. The van der Waals surface area contributed by atoms with Crippen molar-refractivity contribution in [1.82, 2.24) is 10.9 Å². The second kappa shape index (κ2) is 5.92. The molecule has 0 heterocycles. The van der Waals surface area contributed by atoms with Gasteiger partial charge in [0.15, 0.2) is 0 Å². The van der Waals surface area contributed by atoms with Gasteiger partial charge in [0.2, 0.25) is 0 Å². The van der Waals surface area contributed by atoms with Crippen molar-refractivity contribution in [1.29, 1.82) is 0 Å². The number of nitrogens with one attached hydrogen (secondary N) is 2.